The lowest BCUT2D eigenvalue weighted by Gasteiger charge is -2.17. The molecule has 176 valence electrons. The second-order valence-electron chi connectivity index (χ2n) is 8.15. The molecule has 9 heteroatoms. The van der Waals surface area contributed by atoms with Gasteiger partial charge in [0.05, 0.1) is 23.4 Å². The first-order valence-corrected chi connectivity index (χ1v) is 12.7. The van der Waals surface area contributed by atoms with Gasteiger partial charge in [-0.15, -0.1) is 0 Å². The smallest absolute Gasteiger partial charge is 0.338 e. The Morgan fingerprint density at radius 2 is 1.76 bits per heavy atom. The molecule has 1 aliphatic heterocycles. The third-order valence-corrected chi connectivity index (χ3v) is 7.48. The van der Waals surface area contributed by atoms with E-state index in [0.717, 1.165) is 29.5 Å². The molecule has 0 spiro atoms. The van der Waals surface area contributed by atoms with Gasteiger partial charge in [0.15, 0.2) is 5.75 Å². The van der Waals surface area contributed by atoms with Gasteiger partial charge in [-0.2, -0.15) is 0 Å². The number of ether oxygens (including phenoxy) is 3. The number of para-hydroxylation sites is 1. The number of fused-ring (bicyclic) bond motifs is 6. The Balaban J connectivity index is 1.70. The summed E-state index contributed by atoms with van der Waals surface area (Å²) >= 11 is 6.29. The van der Waals surface area contributed by atoms with Crippen LogP contribution in [0.1, 0.15) is 34.7 Å². The number of nitrogens with one attached hydrogen (secondary N) is 1. The Bertz CT molecular complexity index is 1380. The van der Waals surface area contributed by atoms with Crippen LogP contribution in [0.5, 0.6) is 11.5 Å². The van der Waals surface area contributed by atoms with Gasteiger partial charge in [0.25, 0.3) is 10.0 Å². The zero-order chi connectivity index (χ0) is 23.9. The Morgan fingerprint density at radius 3 is 2.53 bits per heavy atom. The van der Waals surface area contributed by atoms with E-state index in [1.807, 2.05) is 42.5 Å². The van der Waals surface area contributed by atoms with Crippen LogP contribution in [-0.4, -0.2) is 34.7 Å². The Morgan fingerprint density at radius 1 is 1.00 bits per heavy atom. The lowest BCUT2D eigenvalue weighted by molar-refractivity contribution is 0.0450. The summed E-state index contributed by atoms with van der Waals surface area (Å²) in [5.74, 6) is 0.124. The van der Waals surface area contributed by atoms with Gasteiger partial charge in [0.2, 0.25) is 0 Å². The van der Waals surface area contributed by atoms with Gasteiger partial charge in [-0.1, -0.05) is 41.9 Å². The molecule has 3 aromatic carbocycles. The molecule has 1 N–H and O–H groups in total. The molecule has 1 saturated carbocycles. The standard InChI is InChI=1S/C25H22ClNO6S/c1-31-24-20(26)12-17-14-23(24)34(29,30)27-21-13-16(8-9-18(21)15-6-7-15)19-4-2-3-5-22(19)32-10-11-33-25(17)28/h2-5,8-9,12-15,27H,6-7,10-11H2,1H3. The average molecular weight is 500 g/mol. The number of cyclic esters (lactones) is 1. The highest BCUT2D eigenvalue weighted by atomic mass is 35.5. The van der Waals surface area contributed by atoms with Crippen LogP contribution in [0.3, 0.4) is 0 Å². The quantitative estimate of drug-likeness (QED) is 0.485. The SMILES string of the molecule is COc1c(Cl)cc2cc1S(=O)(=O)Nc1cc(ccc1C1CC1)-c1ccccc1OCCOC2=O. The van der Waals surface area contributed by atoms with E-state index in [1.54, 1.807) is 0 Å². The van der Waals surface area contributed by atoms with Crippen LogP contribution in [0, 0.1) is 0 Å². The summed E-state index contributed by atoms with van der Waals surface area (Å²) in [6.07, 6.45) is 1.98. The topological polar surface area (TPSA) is 90.9 Å². The van der Waals surface area contributed by atoms with E-state index < -0.39 is 16.0 Å². The Kier molecular flexibility index (Phi) is 5.87. The summed E-state index contributed by atoms with van der Waals surface area (Å²) in [5.41, 5.74) is 2.97. The molecular weight excluding hydrogens is 478 g/mol. The minimum Gasteiger partial charge on any atom is -0.494 e. The highest BCUT2D eigenvalue weighted by molar-refractivity contribution is 7.92. The molecule has 0 radical (unpaired) electrons. The van der Waals surface area contributed by atoms with Crippen molar-refractivity contribution in [2.75, 3.05) is 25.0 Å². The molecule has 1 heterocycles. The molecule has 0 unspecified atom stereocenters. The van der Waals surface area contributed by atoms with Crippen molar-refractivity contribution in [2.24, 2.45) is 0 Å². The molecule has 4 bridgehead atoms. The van der Waals surface area contributed by atoms with Crippen LogP contribution in [-0.2, 0) is 14.8 Å². The van der Waals surface area contributed by atoms with Crippen LogP contribution >= 0.6 is 11.6 Å². The summed E-state index contributed by atoms with van der Waals surface area (Å²) in [6, 6.07) is 15.7. The highest BCUT2D eigenvalue weighted by Gasteiger charge is 2.30. The number of halogens is 1. The molecule has 34 heavy (non-hydrogen) atoms. The van der Waals surface area contributed by atoms with Gasteiger partial charge >= 0.3 is 5.97 Å². The zero-order valence-electron chi connectivity index (χ0n) is 18.3. The third kappa shape index (κ3) is 4.31. The largest absolute Gasteiger partial charge is 0.494 e. The maximum absolute atomic E-state index is 13.6. The molecule has 7 nitrogen and oxygen atoms in total. The predicted molar refractivity (Wildman–Crippen MR) is 128 cm³/mol. The van der Waals surface area contributed by atoms with E-state index >= 15 is 0 Å². The van der Waals surface area contributed by atoms with Crippen LogP contribution in [0.15, 0.2) is 59.5 Å². The monoisotopic (exact) mass is 499 g/mol. The zero-order valence-corrected chi connectivity index (χ0v) is 19.9. The summed E-state index contributed by atoms with van der Waals surface area (Å²) in [4.78, 5) is 12.4. The number of hydrogen-bond donors (Lipinski definition) is 1. The van der Waals surface area contributed by atoms with Crippen molar-refractivity contribution < 1.29 is 27.4 Å². The van der Waals surface area contributed by atoms with Gasteiger partial charge in [-0.3, -0.25) is 4.72 Å². The number of carbonyl (C=O) groups is 1. The minimum absolute atomic E-state index is 0.00221. The van der Waals surface area contributed by atoms with Crippen molar-refractivity contribution in [3.63, 3.8) is 0 Å². The van der Waals surface area contributed by atoms with Crippen LogP contribution in [0.25, 0.3) is 11.1 Å². The molecule has 0 aromatic heterocycles. The van der Waals surface area contributed by atoms with Crippen LogP contribution < -0.4 is 14.2 Å². The maximum atomic E-state index is 13.6. The van der Waals surface area contributed by atoms with E-state index in [0.29, 0.717) is 11.4 Å². The minimum atomic E-state index is -4.17. The number of esters is 1. The predicted octanol–water partition coefficient (Wildman–Crippen LogP) is 5.24. The molecule has 1 fully saturated rings. The third-order valence-electron chi connectivity index (χ3n) is 5.83. The normalized spacial score (nSPS) is 17.2. The van der Waals surface area contributed by atoms with Gasteiger partial charge in [0.1, 0.15) is 23.9 Å². The number of benzene rings is 3. The summed E-state index contributed by atoms with van der Waals surface area (Å²) in [5, 5.41) is -0.0125. The first-order chi connectivity index (χ1) is 16.4. The summed E-state index contributed by atoms with van der Waals surface area (Å²) < 4.78 is 46.3. The highest BCUT2D eigenvalue weighted by Crippen LogP contribution is 2.46. The fourth-order valence-electron chi connectivity index (χ4n) is 4.05. The lowest BCUT2D eigenvalue weighted by Crippen LogP contribution is -2.17. The molecule has 0 amide bonds. The molecule has 5 rings (SSSR count). The van der Waals surface area contributed by atoms with E-state index in [1.165, 1.54) is 19.2 Å². The van der Waals surface area contributed by atoms with Crippen molar-refractivity contribution in [1.29, 1.82) is 0 Å². The van der Waals surface area contributed by atoms with Gasteiger partial charge in [0, 0.05) is 5.56 Å². The lowest BCUT2D eigenvalue weighted by atomic mass is 10.00. The fraction of sp³-hybridized carbons (Fsp3) is 0.240. The fourth-order valence-corrected chi connectivity index (χ4v) is 5.69. The van der Waals surface area contributed by atoms with Crippen molar-refractivity contribution in [2.45, 2.75) is 23.7 Å². The number of sulfonamides is 1. The van der Waals surface area contributed by atoms with Crippen molar-refractivity contribution in [3.05, 3.63) is 70.7 Å². The first kappa shape index (κ1) is 22.6. The van der Waals surface area contributed by atoms with E-state index in [2.05, 4.69) is 4.72 Å². The van der Waals surface area contributed by atoms with E-state index in [4.69, 9.17) is 25.8 Å². The molecule has 3 aromatic rings. The molecule has 2 aliphatic rings. The molecule has 0 atom stereocenters. The van der Waals surface area contributed by atoms with Gasteiger partial charge in [-0.05, 0) is 54.2 Å². The van der Waals surface area contributed by atoms with Crippen molar-refractivity contribution >= 4 is 33.3 Å². The number of rotatable bonds is 2. The van der Waals surface area contributed by atoms with Crippen molar-refractivity contribution in [3.8, 4) is 22.6 Å². The number of hydrogen-bond acceptors (Lipinski definition) is 6. The number of anilines is 1. The van der Waals surface area contributed by atoms with E-state index in [9.17, 15) is 13.2 Å². The first-order valence-electron chi connectivity index (χ1n) is 10.8. The van der Waals surface area contributed by atoms with Gasteiger partial charge < -0.3 is 14.2 Å². The second kappa shape index (κ2) is 8.85. The summed E-state index contributed by atoms with van der Waals surface area (Å²) in [6.45, 7) is 0.103. The maximum Gasteiger partial charge on any atom is 0.338 e. The summed E-state index contributed by atoms with van der Waals surface area (Å²) in [7, 11) is -2.85. The molecule has 0 saturated heterocycles. The number of carbonyl (C=O) groups excluding carboxylic acids is 1. The van der Waals surface area contributed by atoms with E-state index in [-0.39, 0.29) is 40.4 Å². The number of methoxy groups -OCH3 is 1. The Hall–Kier alpha value is -3.23. The molecule has 1 aliphatic carbocycles. The molecular formula is C25H22ClNO6S. The second-order valence-corrected chi connectivity index (χ2v) is 10.2. The van der Waals surface area contributed by atoms with Crippen LogP contribution in [0.2, 0.25) is 5.02 Å². The Labute approximate surface area is 202 Å². The van der Waals surface area contributed by atoms with Gasteiger partial charge in [-0.25, -0.2) is 13.2 Å². The average Bonchev–Trinajstić information content (AvgIpc) is 3.66. The van der Waals surface area contributed by atoms with Crippen LogP contribution in [0.4, 0.5) is 5.69 Å². The van der Waals surface area contributed by atoms with Crippen molar-refractivity contribution in [1.82, 2.24) is 0 Å².